The monoisotopic (exact) mass is 298 g/mol. The predicted molar refractivity (Wildman–Crippen MR) is 78.4 cm³/mol. The first-order chi connectivity index (χ1) is 9.73. The number of hydrogen-bond donors (Lipinski definition) is 1. The highest BCUT2D eigenvalue weighted by Gasteiger charge is 2.44. The highest BCUT2D eigenvalue weighted by molar-refractivity contribution is 6.00. The normalized spacial score (nSPS) is 20.7. The molecule has 1 aliphatic rings. The van der Waals surface area contributed by atoms with E-state index < -0.39 is 23.3 Å². The zero-order valence-corrected chi connectivity index (χ0v) is 13.6. The van der Waals surface area contributed by atoms with Crippen molar-refractivity contribution in [2.24, 2.45) is 11.3 Å². The summed E-state index contributed by atoms with van der Waals surface area (Å²) in [7, 11) is 0. The predicted octanol–water partition coefficient (Wildman–Crippen LogP) is 0.949. The Kier molecular flexibility index (Phi) is 5.75. The van der Waals surface area contributed by atoms with E-state index in [0.717, 1.165) is 0 Å². The summed E-state index contributed by atoms with van der Waals surface area (Å²) in [4.78, 5) is 38.4. The van der Waals surface area contributed by atoms with Crippen LogP contribution in [0.1, 0.15) is 41.0 Å². The Balaban J connectivity index is 3.04. The van der Waals surface area contributed by atoms with Crippen LogP contribution in [0.4, 0.5) is 0 Å². The lowest BCUT2D eigenvalue weighted by molar-refractivity contribution is -0.163. The largest absolute Gasteiger partial charge is 0.465 e. The number of amides is 2. The van der Waals surface area contributed by atoms with Crippen molar-refractivity contribution in [3.63, 3.8) is 0 Å². The number of nitrogens with one attached hydrogen (secondary N) is 1. The maximum Gasteiger partial charge on any atom is 0.319 e. The van der Waals surface area contributed by atoms with E-state index in [2.05, 4.69) is 5.32 Å². The molecule has 120 valence electrons. The molecule has 2 amide bonds. The molecule has 0 aromatic heterocycles. The highest BCUT2D eigenvalue weighted by Crippen LogP contribution is 2.30. The van der Waals surface area contributed by atoms with Crippen LogP contribution < -0.4 is 5.32 Å². The van der Waals surface area contributed by atoms with Gasteiger partial charge in [0.2, 0.25) is 11.8 Å². The van der Waals surface area contributed by atoms with E-state index in [0.29, 0.717) is 19.5 Å². The molecule has 1 aliphatic heterocycles. The standard InChI is InChI=1S/C15H26N2O4/c1-6-10-12(18)16-8-9-17(10)13(19)11(15(3,4)5)14(20)21-7-2/h10-11H,6-9H2,1-5H3,(H,16,18). The summed E-state index contributed by atoms with van der Waals surface area (Å²) in [6.45, 7) is 10.1. The molecular weight excluding hydrogens is 272 g/mol. The number of esters is 1. The summed E-state index contributed by atoms with van der Waals surface area (Å²) in [5, 5.41) is 2.75. The fourth-order valence-electron chi connectivity index (χ4n) is 2.60. The van der Waals surface area contributed by atoms with Gasteiger partial charge in [-0.2, -0.15) is 0 Å². The van der Waals surface area contributed by atoms with Crippen molar-refractivity contribution in [1.29, 1.82) is 0 Å². The van der Waals surface area contributed by atoms with Crippen molar-refractivity contribution >= 4 is 17.8 Å². The first-order valence-electron chi connectivity index (χ1n) is 7.48. The Labute approximate surface area is 126 Å². The summed E-state index contributed by atoms with van der Waals surface area (Å²) in [5.74, 6) is -1.88. The lowest BCUT2D eigenvalue weighted by atomic mass is 9.79. The molecule has 21 heavy (non-hydrogen) atoms. The van der Waals surface area contributed by atoms with Gasteiger partial charge >= 0.3 is 5.97 Å². The van der Waals surface area contributed by atoms with Crippen LogP contribution in [-0.2, 0) is 19.1 Å². The number of carbonyl (C=O) groups excluding carboxylic acids is 3. The Morgan fingerprint density at radius 1 is 1.38 bits per heavy atom. The van der Waals surface area contributed by atoms with E-state index in [4.69, 9.17) is 4.74 Å². The van der Waals surface area contributed by atoms with Gasteiger partial charge in [0.1, 0.15) is 12.0 Å². The number of carbonyl (C=O) groups is 3. The third-order valence-corrected chi connectivity index (χ3v) is 3.64. The Hall–Kier alpha value is -1.59. The maximum absolute atomic E-state index is 12.8. The lowest BCUT2D eigenvalue weighted by Gasteiger charge is -2.39. The first-order valence-corrected chi connectivity index (χ1v) is 7.48. The molecule has 2 unspecified atom stereocenters. The van der Waals surface area contributed by atoms with E-state index in [-0.39, 0.29) is 18.4 Å². The first kappa shape index (κ1) is 17.5. The van der Waals surface area contributed by atoms with Gasteiger partial charge in [-0.3, -0.25) is 14.4 Å². The number of piperazine rings is 1. The molecule has 1 N–H and O–H groups in total. The second-order valence-electron chi connectivity index (χ2n) is 6.30. The van der Waals surface area contributed by atoms with Gasteiger partial charge in [0, 0.05) is 13.1 Å². The molecule has 1 fully saturated rings. The van der Waals surface area contributed by atoms with Gasteiger partial charge in [0.25, 0.3) is 0 Å². The molecule has 0 spiro atoms. The van der Waals surface area contributed by atoms with Gasteiger partial charge < -0.3 is 15.0 Å². The summed E-state index contributed by atoms with van der Waals surface area (Å²) >= 11 is 0. The average molecular weight is 298 g/mol. The molecule has 0 aromatic carbocycles. The maximum atomic E-state index is 12.8. The van der Waals surface area contributed by atoms with E-state index in [1.165, 1.54) is 4.90 Å². The molecule has 0 bridgehead atoms. The molecule has 1 rings (SSSR count). The third-order valence-electron chi connectivity index (χ3n) is 3.64. The van der Waals surface area contributed by atoms with E-state index in [9.17, 15) is 14.4 Å². The summed E-state index contributed by atoms with van der Waals surface area (Å²) < 4.78 is 5.05. The average Bonchev–Trinajstić information content (AvgIpc) is 2.37. The van der Waals surface area contributed by atoms with Crippen molar-refractivity contribution in [3.8, 4) is 0 Å². The minimum absolute atomic E-state index is 0.159. The fourth-order valence-corrected chi connectivity index (χ4v) is 2.60. The summed E-state index contributed by atoms with van der Waals surface area (Å²) in [6.07, 6.45) is 0.525. The molecule has 1 heterocycles. The van der Waals surface area contributed by atoms with E-state index in [1.807, 2.05) is 27.7 Å². The summed E-state index contributed by atoms with van der Waals surface area (Å²) in [5.41, 5.74) is -0.560. The molecule has 0 aromatic rings. The van der Waals surface area contributed by atoms with Gasteiger partial charge in [0.15, 0.2) is 0 Å². The second-order valence-corrected chi connectivity index (χ2v) is 6.30. The number of rotatable bonds is 4. The molecular formula is C15H26N2O4. The van der Waals surface area contributed by atoms with Crippen LogP contribution in [0, 0.1) is 11.3 Å². The van der Waals surface area contributed by atoms with Gasteiger partial charge in [0.05, 0.1) is 6.61 Å². The molecule has 1 saturated heterocycles. The fraction of sp³-hybridized carbons (Fsp3) is 0.800. The topological polar surface area (TPSA) is 75.7 Å². The molecule has 0 aliphatic carbocycles. The van der Waals surface area contributed by atoms with Crippen molar-refractivity contribution < 1.29 is 19.1 Å². The van der Waals surface area contributed by atoms with E-state index >= 15 is 0 Å². The lowest BCUT2D eigenvalue weighted by Crippen LogP contribution is -2.60. The van der Waals surface area contributed by atoms with Crippen LogP contribution in [0.5, 0.6) is 0 Å². The third kappa shape index (κ3) is 3.95. The zero-order chi connectivity index (χ0) is 16.2. The van der Waals surface area contributed by atoms with Gasteiger partial charge in [-0.25, -0.2) is 0 Å². The second kappa shape index (κ2) is 6.91. The Morgan fingerprint density at radius 2 is 2.00 bits per heavy atom. The highest BCUT2D eigenvalue weighted by atomic mass is 16.5. The number of hydrogen-bond acceptors (Lipinski definition) is 4. The Bertz CT molecular complexity index is 414. The summed E-state index contributed by atoms with van der Waals surface area (Å²) in [6, 6.07) is -0.509. The van der Waals surface area contributed by atoms with Gasteiger partial charge in [-0.15, -0.1) is 0 Å². The molecule has 6 heteroatoms. The van der Waals surface area contributed by atoms with Gasteiger partial charge in [-0.05, 0) is 18.8 Å². The van der Waals surface area contributed by atoms with Crippen LogP contribution in [-0.4, -0.2) is 48.4 Å². The van der Waals surface area contributed by atoms with Crippen LogP contribution in [0.15, 0.2) is 0 Å². The van der Waals surface area contributed by atoms with Crippen molar-refractivity contribution in [2.75, 3.05) is 19.7 Å². The van der Waals surface area contributed by atoms with Crippen molar-refractivity contribution in [2.45, 2.75) is 47.1 Å². The van der Waals surface area contributed by atoms with Crippen molar-refractivity contribution in [1.82, 2.24) is 10.2 Å². The molecule has 2 atom stereocenters. The quantitative estimate of drug-likeness (QED) is 0.619. The SMILES string of the molecule is CCOC(=O)C(C(=O)N1CCNC(=O)C1CC)C(C)(C)C. The number of ether oxygens (including phenoxy) is 1. The van der Waals surface area contributed by atoms with Crippen LogP contribution in [0.25, 0.3) is 0 Å². The molecule has 0 saturated carbocycles. The van der Waals surface area contributed by atoms with Crippen LogP contribution in [0.3, 0.4) is 0 Å². The van der Waals surface area contributed by atoms with Crippen LogP contribution >= 0.6 is 0 Å². The minimum atomic E-state index is -0.891. The molecule has 0 radical (unpaired) electrons. The number of nitrogens with zero attached hydrogens (tertiary/aromatic N) is 1. The smallest absolute Gasteiger partial charge is 0.319 e. The zero-order valence-electron chi connectivity index (χ0n) is 13.6. The molecule has 6 nitrogen and oxygen atoms in total. The van der Waals surface area contributed by atoms with Crippen molar-refractivity contribution in [3.05, 3.63) is 0 Å². The Morgan fingerprint density at radius 3 is 2.48 bits per heavy atom. The van der Waals surface area contributed by atoms with E-state index in [1.54, 1.807) is 6.92 Å². The minimum Gasteiger partial charge on any atom is -0.465 e. The van der Waals surface area contributed by atoms with Crippen LogP contribution in [0.2, 0.25) is 0 Å². The van der Waals surface area contributed by atoms with Gasteiger partial charge in [-0.1, -0.05) is 27.7 Å².